The number of quaternary nitrogens is 2. The Morgan fingerprint density at radius 2 is 1.96 bits per heavy atom. The summed E-state index contributed by atoms with van der Waals surface area (Å²) >= 11 is 0. The van der Waals surface area contributed by atoms with Crippen molar-refractivity contribution in [1.29, 1.82) is 0 Å². The Morgan fingerprint density at radius 1 is 1.26 bits per heavy atom. The van der Waals surface area contributed by atoms with Crippen LogP contribution in [0.4, 0.5) is 5.69 Å². The smallest absolute Gasteiger partial charge is 0.230 e. The average Bonchev–Trinajstić information content (AvgIpc) is 2.46. The lowest BCUT2D eigenvalue weighted by Crippen LogP contribution is -2.96. The van der Waals surface area contributed by atoms with E-state index in [1.807, 2.05) is 24.3 Å². The van der Waals surface area contributed by atoms with E-state index < -0.39 is 0 Å². The van der Waals surface area contributed by atoms with E-state index in [4.69, 9.17) is 4.74 Å². The van der Waals surface area contributed by atoms with Crippen LogP contribution in [0.25, 0.3) is 0 Å². The molecule has 5 nitrogen and oxygen atoms in total. The molecule has 0 unspecified atom stereocenters. The molecule has 0 saturated heterocycles. The first-order valence-electron chi connectivity index (χ1n) is 8.42. The summed E-state index contributed by atoms with van der Waals surface area (Å²) in [5.74, 6) is 0.717. The Kier molecular flexibility index (Phi) is 8.06. The van der Waals surface area contributed by atoms with Gasteiger partial charge < -0.3 is 20.7 Å². The highest BCUT2D eigenvalue weighted by molar-refractivity contribution is 5.92. The normalized spacial score (nSPS) is 12.7. The largest absolute Gasteiger partial charge is 0.495 e. The van der Waals surface area contributed by atoms with Crippen LogP contribution < -0.4 is 20.7 Å². The second-order valence-electron chi connectivity index (χ2n) is 7.17. The fourth-order valence-corrected chi connectivity index (χ4v) is 2.38. The first kappa shape index (κ1) is 19.5. The van der Waals surface area contributed by atoms with Gasteiger partial charge in [-0.15, -0.1) is 0 Å². The molecule has 1 aromatic carbocycles. The third kappa shape index (κ3) is 8.57. The Morgan fingerprint density at radius 3 is 2.61 bits per heavy atom. The van der Waals surface area contributed by atoms with Crippen molar-refractivity contribution in [3.8, 4) is 5.75 Å². The molecule has 1 amide bonds. The number of anilines is 1. The van der Waals surface area contributed by atoms with Gasteiger partial charge in [0.2, 0.25) is 5.91 Å². The van der Waals surface area contributed by atoms with Crippen LogP contribution >= 0.6 is 0 Å². The first-order valence-corrected chi connectivity index (χ1v) is 8.42. The van der Waals surface area contributed by atoms with Crippen LogP contribution in [0.5, 0.6) is 5.75 Å². The molecule has 0 bridgehead atoms. The molecule has 0 fully saturated rings. The van der Waals surface area contributed by atoms with E-state index in [2.05, 4.69) is 43.6 Å². The lowest BCUT2D eigenvalue weighted by molar-refractivity contribution is -0.729. The minimum atomic E-state index is 0.0273. The zero-order valence-electron chi connectivity index (χ0n) is 15.2. The molecule has 23 heavy (non-hydrogen) atoms. The molecule has 5 N–H and O–H groups in total. The second-order valence-corrected chi connectivity index (χ2v) is 7.17. The number of nitrogens with one attached hydrogen (secondary N) is 1. The number of benzene rings is 1. The molecule has 1 rings (SSSR count). The molecule has 0 radical (unpaired) electrons. The number of hydrogen-bond acceptors (Lipinski definition) is 2. The maximum atomic E-state index is 12.1. The van der Waals surface area contributed by atoms with Gasteiger partial charge in [0.05, 0.1) is 43.9 Å². The van der Waals surface area contributed by atoms with Gasteiger partial charge in [-0.2, -0.15) is 0 Å². The van der Waals surface area contributed by atoms with Crippen LogP contribution in [-0.2, 0) is 4.79 Å². The monoisotopic (exact) mass is 323 g/mol. The number of carbonyl (C=O) groups excluding carboxylic acids is 1. The van der Waals surface area contributed by atoms with Crippen molar-refractivity contribution in [1.82, 2.24) is 0 Å². The molecule has 0 heterocycles. The summed E-state index contributed by atoms with van der Waals surface area (Å²) in [5, 5.41) is 7.53. The van der Waals surface area contributed by atoms with Crippen molar-refractivity contribution >= 4 is 11.6 Å². The fourth-order valence-electron chi connectivity index (χ4n) is 2.38. The number of ether oxygens (including phenoxy) is 1. The Labute approximate surface area is 140 Å². The molecule has 130 valence electrons. The van der Waals surface area contributed by atoms with Gasteiger partial charge in [-0.25, -0.2) is 0 Å². The van der Waals surface area contributed by atoms with Gasteiger partial charge in [0.1, 0.15) is 5.75 Å². The van der Waals surface area contributed by atoms with Crippen LogP contribution in [0.3, 0.4) is 0 Å². The molecule has 5 heteroatoms. The molecule has 0 aliphatic heterocycles. The van der Waals surface area contributed by atoms with Crippen LogP contribution in [0, 0.1) is 0 Å². The molecule has 0 saturated carbocycles. The number of hydrogen-bond donors (Lipinski definition) is 3. The number of amides is 1. The minimum Gasteiger partial charge on any atom is -0.495 e. The summed E-state index contributed by atoms with van der Waals surface area (Å²) in [5.41, 5.74) is 1.02. The van der Waals surface area contributed by atoms with E-state index in [1.54, 1.807) is 7.11 Å². The van der Waals surface area contributed by atoms with Crippen LogP contribution in [0.15, 0.2) is 24.3 Å². The standard InChI is InChI=1S/C18H31N3O2/c1-14(19-11-8-12-20-18(2,3)4)13-17(22)21-15-9-6-7-10-16(15)23-5/h6-7,9-10,14,19-20H,8,11-13H2,1-5H3,(H,21,22)/p+2/t14-/m1/s1. The number of nitrogens with two attached hydrogens (primary N) is 2. The predicted molar refractivity (Wildman–Crippen MR) is 93.7 cm³/mol. The highest BCUT2D eigenvalue weighted by Gasteiger charge is 2.15. The summed E-state index contributed by atoms with van der Waals surface area (Å²) in [6.45, 7) is 10.9. The lowest BCUT2D eigenvalue weighted by atomic mass is 10.1. The van der Waals surface area contributed by atoms with E-state index >= 15 is 0 Å². The molecule has 0 aromatic heterocycles. The quantitative estimate of drug-likeness (QED) is 0.586. The van der Waals surface area contributed by atoms with Crippen molar-refractivity contribution in [2.24, 2.45) is 0 Å². The lowest BCUT2D eigenvalue weighted by Gasteiger charge is -2.17. The average molecular weight is 323 g/mol. The van der Waals surface area contributed by atoms with Gasteiger partial charge in [0.25, 0.3) is 0 Å². The Bertz CT molecular complexity index is 483. The SMILES string of the molecule is COc1ccccc1NC(=O)C[C@@H](C)[NH2+]CCC[NH2+]C(C)(C)C. The summed E-state index contributed by atoms with van der Waals surface area (Å²) in [4.78, 5) is 12.1. The highest BCUT2D eigenvalue weighted by Crippen LogP contribution is 2.22. The van der Waals surface area contributed by atoms with E-state index in [0.29, 0.717) is 17.7 Å². The van der Waals surface area contributed by atoms with Gasteiger partial charge >= 0.3 is 0 Å². The first-order chi connectivity index (χ1) is 10.8. The summed E-state index contributed by atoms with van der Waals surface area (Å²) in [7, 11) is 1.61. The highest BCUT2D eigenvalue weighted by atomic mass is 16.5. The molecule has 1 atom stereocenters. The van der Waals surface area contributed by atoms with Gasteiger partial charge in [-0.1, -0.05) is 12.1 Å². The van der Waals surface area contributed by atoms with Gasteiger partial charge in [0, 0.05) is 6.42 Å². The van der Waals surface area contributed by atoms with E-state index in [1.165, 1.54) is 0 Å². The third-order valence-corrected chi connectivity index (χ3v) is 3.62. The number of para-hydroxylation sites is 2. The zero-order valence-corrected chi connectivity index (χ0v) is 15.2. The summed E-state index contributed by atoms with van der Waals surface area (Å²) in [6.07, 6.45) is 1.65. The number of rotatable bonds is 9. The maximum absolute atomic E-state index is 12.1. The van der Waals surface area contributed by atoms with Crippen LogP contribution in [0.2, 0.25) is 0 Å². The number of methoxy groups -OCH3 is 1. The fraction of sp³-hybridized carbons (Fsp3) is 0.611. The zero-order chi connectivity index (χ0) is 17.3. The number of carbonyl (C=O) groups is 1. The van der Waals surface area contributed by atoms with Crippen molar-refractivity contribution in [2.75, 3.05) is 25.5 Å². The van der Waals surface area contributed by atoms with Crippen molar-refractivity contribution in [3.05, 3.63) is 24.3 Å². The Balaban J connectivity index is 2.26. The van der Waals surface area contributed by atoms with Gasteiger partial charge in [-0.05, 0) is 39.8 Å². The second kappa shape index (κ2) is 9.53. The van der Waals surface area contributed by atoms with Crippen molar-refractivity contribution in [2.45, 2.75) is 52.1 Å². The van der Waals surface area contributed by atoms with Crippen molar-refractivity contribution < 1.29 is 20.2 Å². The van der Waals surface area contributed by atoms with Gasteiger partial charge in [0.15, 0.2) is 0 Å². The molecular formula is C18H33N3O2+2. The summed E-state index contributed by atoms with van der Waals surface area (Å²) < 4.78 is 5.24. The topological polar surface area (TPSA) is 71.5 Å². The van der Waals surface area contributed by atoms with E-state index in [0.717, 1.165) is 25.2 Å². The van der Waals surface area contributed by atoms with Gasteiger partial charge in [-0.3, -0.25) is 4.79 Å². The maximum Gasteiger partial charge on any atom is 0.230 e. The third-order valence-electron chi connectivity index (χ3n) is 3.62. The van der Waals surface area contributed by atoms with Crippen LogP contribution in [0.1, 0.15) is 40.5 Å². The molecule has 1 aromatic rings. The van der Waals surface area contributed by atoms with Crippen LogP contribution in [-0.4, -0.2) is 37.7 Å². The summed E-state index contributed by atoms with van der Waals surface area (Å²) in [6, 6.07) is 7.75. The van der Waals surface area contributed by atoms with E-state index in [-0.39, 0.29) is 11.9 Å². The Hall–Kier alpha value is -1.59. The molecule has 0 aliphatic carbocycles. The molecule has 0 spiro atoms. The molecule has 0 aliphatic rings. The minimum absolute atomic E-state index is 0.0273. The van der Waals surface area contributed by atoms with E-state index in [9.17, 15) is 4.79 Å². The van der Waals surface area contributed by atoms with Crippen molar-refractivity contribution in [3.63, 3.8) is 0 Å². The molecular weight excluding hydrogens is 290 g/mol. The predicted octanol–water partition coefficient (Wildman–Crippen LogP) is 0.728.